The minimum Gasteiger partial charge on any atom is -0.507 e. The van der Waals surface area contributed by atoms with Crippen LogP contribution in [0.2, 0.25) is 0 Å². The smallest absolute Gasteiger partial charge is 0.335 e. The highest BCUT2D eigenvalue weighted by Gasteiger charge is 2.36. The highest BCUT2D eigenvalue weighted by Crippen LogP contribution is 2.41. The summed E-state index contributed by atoms with van der Waals surface area (Å²) >= 11 is 0. The highest BCUT2D eigenvalue weighted by molar-refractivity contribution is 6.09. The second kappa shape index (κ2) is 7.05. The van der Waals surface area contributed by atoms with Crippen molar-refractivity contribution in [3.05, 3.63) is 89.3 Å². The van der Waals surface area contributed by atoms with Gasteiger partial charge in [0.1, 0.15) is 22.8 Å². The van der Waals surface area contributed by atoms with E-state index < -0.39 is 17.6 Å². The van der Waals surface area contributed by atoms with E-state index >= 15 is 4.39 Å². The number of aromatic hydroxyl groups is 1. The second-order valence-electron chi connectivity index (χ2n) is 8.44. The van der Waals surface area contributed by atoms with Crippen LogP contribution >= 0.6 is 0 Å². The number of halogens is 1. The minimum absolute atomic E-state index is 0.00964. The zero-order chi connectivity index (χ0) is 22.6. The topological polar surface area (TPSA) is 86.2 Å². The van der Waals surface area contributed by atoms with Crippen molar-refractivity contribution in [3.8, 4) is 5.75 Å². The van der Waals surface area contributed by atoms with Crippen LogP contribution in [-0.4, -0.2) is 31.8 Å². The minimum atomic E-state index is -1.66. The predicted molar refractivity (Wildman–Crippen MR) is 123 cm³/mol. The van der Waals surface area contributed by atoms with E-state index in [4.69, 9.17) is 0 Å². The zero-order valence-electron chi connectivity index (χ0n) is 17.6. The Bertz CT molecular complexity index is 1460. The lowest BCUT2D eigenvalue weighted by Gasteiger charge is -2.28. The van der Waals surface area contributed by atoms with Gasteiger partial charge in [-0.2, -0.15) is 0 Å². The molecule has 0 spiro atoms. The molecule has 3 aromatic carbocycles. The number of rotatable bonds is 3. The first kappa shape index (κ1) is 20.0. The molecule has 1 heterocycles. The van der Waals surface area contributed by atoms with Crippen LogP contribution in [0, 0.1) is 6.92 Å². The number of imidazole rings is 1. The van der Waals surface area contributed by atoms with E-state index in [1.54, 1.807) is 24.3 Å². The molecular formula is C26H21FN2O3. The number of carbonyl (C=O) groups is 1. The SMILES string of the molecule is Cc1cccc(C2=CC(c3nc4c(ccc5cc(C(=O)O)cc(O)c54)[nH]3)C(C)(F)C=C2)c1. The number of aryl methyl sites for hydroxylation is 1. The number of aromatic carboxylic acids is 1. The number of hydrogen-bond donors (Lipinski definition) is 3. The molecule has 0 aliphatic heterocycles. The summed E-state index contributed by atoms with van der Waals surface area (Å²) in [6, 6.07) is 14.2. The van der Waals surface area contributed by atoms with Crippen LogP contribution in [0.5, 0.6) is 5.75 Å². The van der Waals surface area contributed by atoms with Crippen molar-refractivity contribution in [2.75, 3.05) is 0 Å². The first-order chi connectivity index (χ1) is 15.2. The van der Waals surface area contributed by atoms with Crippen molar-refractivity contribution in [2.24, 2.45) is 0 Å². The maximum Gasteiger partial charge on any atom is 0.335 e. The molecule has 2 atom stereocenters. The van der Waals surface area contributed by atoms with E-state index in [1.165, 1.54) is 19.1 Å². The number of benzene rings is 3. The van der Waals surface area contributed by atoms with E-state index in [2.05, 4.69) is 16.0 Å². The van der Waals surface area contributed by atoms with Crippen LogP contribution in [0.25, 0.3) is 27.4 Å². The molecule has 160 valence electrons. The fourth-order valence-electron chi connectivity index (χ4n) is 4.32. The van der Waals surface area contributed by atoms with Gasteiger partial charge in [0.2, 0.25) is 0 Å². The molecule has 0 bridgehead atoms. The number of phenolic OH excluding ortho intramolecular Hbond substituents is 1. The first-order valence-corrected chi connectivity index (χ1v) is 10.3. The first-order valence-electron chi connectivity index (χ1n) is 10.3. The number of carboxylic acid groups (broad SMARTS) is 1. The lowest BCUT2D eigenvalue weighted by Crippen LogP contribution is -2.27. The van der Waals surface area contributed by atoms with Crippen LogP contribution in [0.1, 0.15) is 40.2 Å². The van der Waals surface area contributed by atoms with Gasteiger partial charge in [0.15, 0.2) is 0 Å². The van der Waals surface area contributed by atoms with Gasteiger partial charge in [0.05, 0.1) is 22.4 Å². The number of fused-ring (bicyclic) bond motifs is 3. The van der Waals surface area contributed by atoms with Crippen molar-refractivity contribution in [1.29, 1.82) is 0 Å². The summed E-state index contributed by atoms with van der Waals surface area (Å²) in [5, 5.41) is 20.8. The number of carboxylic acids is 1. The largest absolute Gasteiger partial charge is 0.507 e. The van der Waals surface area contributed by atoms with Crippen LogP contribution in [0.4, 0.5) is 4.39 Å². The van der Waals surface area contributed by atoms with Crippen molar-refractivity contribution >= 4 is 33.3 Å². The Morgan fingerprint density at radius 1 is 1.19 bits per heavy atom. The van der Waals surface area contributed by atoms with Crippen LogP contribution in [-0.2, 0) is 0 Å². The number of phenols is 1. The Balaban J connectivity index is 1.66. The average molecular weight is 428 g/mol. The number of nitrogens with zero attached hydrogens (tertiary/aromatic N) is 1. The van der Waals surface area contributed by atoms with Gasteiger partial charge >= 0.3 is 5.97 Å². The number of hydrogen-bond acceptors (Lipinski definition) is 3. The highest BCUT2D eigenvalue weighted by atomic mass is 19.1. The standard InChI is InChI=1S/C26H21FN2O3/c1-14-4-3-5-15(10-14)16-8-9-26(2,27)19(12-16)24-28-20-7-6-17-11-18(25(31)32)13-21(30)22(17)23(20)29-24/h3-13,19,30H,1-2H3,(H,28,29)(H,31,32). The summed E-state index contributed by atoms with van der Waals surface area (Å²) in [4.78, 5) is 19.2. The molecule has 0 radical (unpaired) electrons. The van der Waals surface area contributed by atoms with Gasteiger partial charge in [-0.15, -0.1) is 0 Å². The van der Waals surface area contributed by atoms with E-state index in [1.807, 2.05) is 31.2 Å². The van der Waals surface area contributed by atoms with Gasteiger partial charge in [-0.3, -0.25) is 0 Å². The Morgan fingerprint density at radius 3 is 2.75 bits per heavy atom. The molecule has 2 unspecified atom stereocenters. The van der Waals surface area contributed by atoms with E-state index in [9.17, 15) is 15.0 Å². The Labute approximate surface area is 183 Å². The molecule has 4 aromatic rings. The predicted octanol–water partition coefficient (Wildman–Crippen LogP) is 5.89. The van der Waals surface area contributed by atoms with E-state index in [-0.39, 0.29) is 11.3 Å². The molecule has 5 rings (SSSR count). The number of aromatic nitrogens is 2. The maximum absolute atomic E-state index is 15.5. The van der Waals surface area contributed by atoms with Gasteiger partial charge in [-0.05, 0) is 54.6 Å². The average Bonchev–Trinajstić information content (AvgIpc) is 3.17. The van der Waals surface area contributed by atoms with Gasteiger partial charge in [0.25, 0.3) is 0 Å². The summed E-state index contributed by atoms with van der Waals surface area (Å²) in [5.74, 6) is -1.52. The zero-order valence-corrected chi connectivity index (χ0v) is 17.6. The second-order valence-corrected chi connectivity index (χ2v) is 8.44. The van der Waals surface area contributed by atoms with Crippen LogP contribution in [0.15, 0.2) is 66.8 Å². The third-order valence-corrected chi connectivity index (χ3v) is 6.00. The lowest BCUT2D eigenvalue weighted by molar-refractivity contribution is 0.0696. The maximum atomic E-state index is 15.5. The lowest BCUT2D eigenvalue weighted by atomic mass is 9.82. The number of alkyl halides is 1. The molecule has 1 aromatic heterocycles. The summed E-state index contributed by atoms with van der Waals surface area (Å²) < 4.78 is 15.5. The van der Waals surface area contributed by atoms with Crippen molar-refractivity contribution in [3.63, 3.8) is 0 Å². The number of nitrogens with one attached hydrogen (secondary N) is 1. The summed E-state index contributed by atoms with van der Waals surface area (Å²) in [6.07, 6.45) is 5.22. The van der Waals surface area contributed by atoms with Gasteiger partial charge in [-0.1, -0.05) is 48.0 Å². The molecular weight excluding hydrogens is 407 g/mol. The Kier molecular flexibility index (Phi) is 4.41. The third-order valence-electron chi connectivity index (χ3n) is 6.00. The van der Waals surface area contributed by atoms with Crippen molar-refractivity contribution < 1.29 is 19.4 Å². The molecule has 32 heavy (non-hydrogen) atoms. The molecule has 5 nitrogen and oxygen atoms in total. The Hall–Kier alpha value is -3.93. The number of H-pyrrole nitrogens is 1. The molecule has 6 heteroatoms. The quantitative estimate of drug-likeness (QED) is 0.380. The Morgan fingerprint density at radius 2 is 2.00 bits per heavy atom. The van der Waals surface area contributed by atoms with Crippen LogP contribution in [0.3, 0.4) is 0 Å². The summed E-state index contributed by atoms with van der Waals surface area (Å²) in [5.41, 5.74) is 2.48. The summed E-state index contributed by atoms with van der Waals surface area (Å²) in [6.45, 7) is 3.53. The number of aromatic amines is 1. The summed E-state index contributed by atoms with van der Waals surface area (Å²) in [7, 11) is 0. The molecule has 1 aliphatic carbocycles. The molecule has 3 N–H and O–H groups in total. The third kappa shape index (κ3) is 3.24. The van der Waals surface area contributed by atoms with Gasteiger partial charge < -0.3 is 15.2 Å². The monoisotopic (exact) mass is 428 g/mol. The molecule has 0 amide bonds. The van der Waals surface area contributed by atoms with Gasteiger partial charge in [0, 0.05) is 0 Å². The van der Waals surface area contributed by atoms with E-state index in [0.717, 1.165) is 16.7 Å². The van der Waals surface area contributed by atoms with Crippen molar-refractivity contribution in [2.45, 2.75) is 25.4 Å². The molecule has 0 saturated heterocycles. The van der Waals surface area contributed by atoms with Crippen molar-refractivity contribution in [1.82, 2.24) is 9.97 Å². The van der Waals surface area contributed by atoms with E-state index in [0.29, 0.717) is 27.6 Å². The molecule has 1 aliphatic rings. The number of allylic oxidation sites excluding steroid dienone is 4. The molecule has 0 fully saturated rings. The fraction of sp³-hybridized carbons (Fsp3) is 0.154. The fourth-order valence-corrected chi connectivity index (χ4v) is 4.32. The van der Waals surface area contributed by atoms with Gasteiger partial charge in [-0.25, -0.2) is 14.2 Å². The normalized spacial score (nSPS) is 20.6. The van der Waals surface area contributed by atoms with Crippen LogP contribution < -0.4 is 0 Å². The molecule has 0 saturated carbocycles.